The van der Waals surface area contributed by atoms with Crippen LogP contribution in [0.5, 0.6) is 0 Å². The van der Waals surface area contributed by atoms with Crippen molar-refractivity contribution in [3.05, 3.63) is 94.0 Å². The van der Waals surface area contributed by atoms with E-state index in [1.54, 1.807) is 18.2 Å². The highest BCUT2D eigenvalue weighted by Crippen LogP contribution is 2.28. The Morgan fingerprint density at radius 3 is 2.42 bits per heavy atom. The third-order valence-electron chi connectivity index (χ3n) is 5.29. The van der Waals surface area contributed by atoms with Crippen LogP contribution in [0.3, 0.4) is 0 Å². The van der Waals surface area contributed by atoms with E-state index < -0.39 is 17.5 Å². The molecule has 1 N–H and O–H groups in total. The summed E-state index contributed by atoms with van der Waals surface area (Å²) in [7, 11) is 0. The van der Waals surface area contributed by atoms with Crippen LogP contribution >= 0.6 is 23.2 Å². The molecule has 8 heteroatoms. The van der Waals surface area contributed by atoms with E-state index in [0.29, 0.717) is 22.3 Å². The topological polar surface area (TPSA) is 35.6 Å². The molecule has 33 heavy (non-hydrogen) atoms. The zero-order valence-corrected chi connectivity index (χ0v) is 19.8. The number of halogens is 4. The van der Waals surface area contributed by atoms with Crippen LogP contribution in [0.15, 0.2) is 76.8 Å². The number of rotatable bonds is 7. The zero-order valence-electron chi connectivity index (χ0n) is 18.3. The average Bonchev–Trinajstić information content (AvgIpc) is 2.81. The van der Waals surface area contributed by atoms with Crippen molar-refractivity contribution in [2.45, 2.75) is 6.92 Å². The molecule has 1 fully saturated rings. The first-order valence-electron chi connectivity index (χ1n) is 10.5. The molecule has 2 aromatic rings. The number of nitrogens with zero attached hydrogens (tertiary/aromatic N) is 2. The quantitative estimate of drug-likeness (QED) is 0.471. The van der Waals surface area contributed by atoms with Gasteiger partial charge in [0.2, 0.25) is 0 Å². The molecule has 1 aliphatic heterocycles. The van der Waals surface area contributed by atoms with E-state index in [1.807, 2.05) is 25.1 Å². The number of benzene rings is 2. The molecule has 0 aromatic heterocycles. The summed E-state index contributed by atoms with van der Waals surface area (Å²) in [5.74, 6) is -2.55. The lowest BCUT2D eigenvalue weighted by Gasteiger charge is -2.37. The van der Waals surface area contributed by atoms with Gasteiger partial charge in [-0.05, 0) is 48.9 Å². The maximum atomic E-state index is 13.5. The minimum absolute atomic E-state index is 0.0526. The molecule has 174 valence electrons. The van der Waals surface area contributed by atoms with Gasteiger partial charge in [-0.3, -0.25) is 9.69 Å². The third-order valence-corrected chi connectivity index (χ3v) is 6.12. The predicted molar refractivity (Wildman–Crippen MR) is 132 cm³/mol. The van der Waals surface area contributed by atoms with Crippen LogP contribution in [0.25, 0.3) is 0 Å². The van der Waals surface area contributed by atoms with Gasteiger partial charge in [0.15, 0.2) is 11.6 Å². The maximum absolute atomic E-state index is 13.5. The van der Waals surface area contributed by atoms with Gasteiger partial charge in [0, 0.05) is 38.3 Å². The van der Waals surface area contributed by atoms with Gasteiger partial charge in [-0.1, -0.05) is 48.0 Å². The van der Waals surface area contributed by atoms with Crippen LogP contribution in [0.2, 0.25) is 0 Å². The van der Waals surface area contributed by atoms with Crippen molar-refractivity contribution in [1.82, 2.24) is 4.90 Å². The van der Waals surface area contributed by atoms with Crippen molar-refractivity contribution >= 4 is 40.5 Å². The smallest absolute Gasteiger partial charge is 0.255 e. The number of carbonyl (C=O) groups is 1. The second-order valence-electron chi connectivity index (χ2n) is 7.65. The Hall–Kier alpha value is -2.67. The highest BCUT2D eigenvalue weighted by atomic mass is 35.5. The van der Waals surface area contributed by atoms with Crippen LogP contribution in [0, 0.1) is 11.6 Å². The highest BCUT2D eigenvalue weighted by Gasteiger charge is 2.20. The fraction of sp³-hybridized carbons (Fsp3) is 0.240. The Kier molecular flexibility index (Phi) is 8.67. The lowest BCUT2D eigenvalue weighted by molar-refractivity contribution is 0.102. The van der Waals surface area contributed by atoms with E-state index in [-0.39, 0.29) is 5.56 Å². The summed E-state index contributed by atoms with van der Waals surface area (Å²) in [5.41, 5.74) is 2.40. The molecule has 1 heterocycles. The first-order chi connectivity index (χ1) is 15.8. The van der Waals surface area contributed by atoms with E-state index in [9.17, 15) is 13.6 Å². The van der Waals surface area contributed by atoms with Gasteiger partial charge in [-0.15, -0.1) is 0 Å². The van der Waals surface area contributed by atoms with Gasteiger partial charge < -0.3 is 10.2 Å². The van der Waals surface area contributed by atoms with Crippen LogP contribution in [0.4, 0.5) is 20.2 Å². The molecular formula is C25H25Cl2F2N3O. The minimum Gasteiger partial charge on any atom is -0.367 e. The number of anilines is 2. The fourth-order valence-corrected chi connectivity index (χ4v) is 3.87. The molecule has 2 aromatic carbocycles. The Labute approximate surface area is 202 Å². The van der Waals surface area contributed by atoms with Crippen molar-refractivity contribution in [1.29, 1.82) is 0 Å². The molecule has 0 aliphatic carbocycles. The zero-order chi connectivity index (χ0) is 24.0. The molecule has 4 nitrogen and oxygen atoms in total. The first kappa shape index (κ1) is 25.0. The molecule has 0 radical (unpaired) electrons. The Morgan fingerprint density at radius 1 is 1.06 bits per heavy atom. The van der Waals surface area contributed by atoms with Crippen molar-refractivity contribution in [3.8, 4) is 0 Å². The number of carbonyl (C=O) groups excluding carboxylic acids is 1. The molecule has 0 unspecified atom stereocenters. The molecule has 0 spiro atoms. The molecule has 0 saturated carbocycles. The Balaban J connectivity index is 1.62. The molecule has 1 saturated heterocycles. The largest absolute Gasteiger partial charge is 0.367 e. The van der Waals surface area contributed by atoms with E-state index in [1.165, 1.54) is 6.07 Å². The van der Waals surface area contributed by atoms with E-state index in [4.69, 9.17) is 23.2 Å². The van der Waals surface area contributed by atoms with E-state index in [0.717, 1.165) is 49.6 Å². The normalized spacial score (nSPS) is 15.5. The maximum Gasteiger partial charge on any atom is 0.255 e. The number of para-hydroxylation sites is 2. The summed E-state index contributed by atoms with van der Waals surface area (Å²) in [6.45, 7) is 9.66. The summed E-state index contributed by atoms with van der Waals surface area (Å²) in [4.78, 5) is 17.0. The van der Waals surface area contributed by atoms with Gasteiger partial charge in [-0.2, -0.15) is 0 Å². The van der Waals surface area contributed by atoms with Crippen LogP contribution in [-0.2, 0) is 0 Å². The first-order valence-corrected chi connectivity index (χ1v) is 11.2. The molecule has 1 amide bonds. The lowest BCUT2D eigenvalue weighted by atomic mass is 10.1. The highest BCUT2D eigenvalue weighted by molar-refractivity contribution is 6.44. The van der Waals surface area contributed by atoms with Crippen molar-refractivity contribution < 1.29 is 13.6 Å². The standard InChI is InChI=1S/C25H25Cl2F2N3O/c1-3-19(26)20(27)14-17(2)16-31-10-12-32(13-11-31)24-7-5-4-6-23(24)30-25(33)18-8-9-21(28)22(29)15-18/h3-9,14-15H,2,10-13,16H2,1H3,(H,30,33)/b19-3-,20-14-. The second kappa shape index (κ2) is 11.5. The number of nitrogens with one attached hydrogen (secondary N) is 1. The van der Waals surface area contributed by atoms with Gasteiger partial charge in [0.05, 0.1) is 21.4 Å². The van der Waals surface area contributed by atoms with Crippen molar-refractivity contribution in [2.75, 3.05) is 42.9 Å². The number of allylic oxidation sites excluding steroid dienone is 3. The number of piperazine rings is 1. The second-order valence-corrected chi connectivity index (χ2v) is 8.46. The van der Waals surface area contributed by atoms with Gasteiger partial charge in [0.25, 0.3) is 5.91 Å². The summed E-state index contributed by atoms with van der Waals surface area (Å²) in [5, 5.41) is 3.77. The molecular weight excluding hydrogens is 467 g/mol. The van der Waals surface area contributed by atoms with Crippen LogP contribution in [-0.4, -0.2) is 43.5 Å². The fourth-order valence-electron chi connectivity index (χ4n) is 3.55. The van der Waals surface area contributed by atoms with Gasteiger partial charge >= 0.3 is 0 Å². The minimum atomic E-state index is -1.06. The summed E-state index contributed by atoms with van der Waals surface area (Å²) < 4.78 is 26.7. The molecule has 0 atom stereocenters. The lowest BCUT2D eigenvalue weighted by Crippen LogP contribution is -2.47. The van der Waals surface area contributed by atoms with E-state index in [2.05, 4.69) is 21.7 Å². The number of amides is 1. The Morgan fingerprint density at radius 2 is 1.76 bits per heavy atom. The van der Waals surface area contributed by atoms with Crippen molar-refractivity contribution in [3.63, 3.8) is 0 Å². The molecule has 3 rings (SSSR count). The van der Waals surface area contributed by atoms with Gasteiger partial charge in [-0.25, -0.2) is 8.78 Å². The third kappa shape index (κ3) is 6.67. The van der Waals surface area contributed by atoms with Gasteiger partial charge in [0.1, 0.15) is 0 Å². The van der Waals surface area contributed by atoms with E-state index >= 15 is 0 Å². The number of hydrogen-bond donors (Lipinski definition) is 1. The summed E-state index contributed by atoms with van der Waals surface area (Å²) >= 11 is 12.2. The average molecular weight is 492 g/mol. The summed E-state index contributed by atoms with van der Waals surface area (Å²) in [6.07, 6.45) is 3.51. The van der Waals surface area contributed by atoms with Crippen molar-refractivity contribution in [2.24, 2.45) is 0 Å². The SMILES string of the molecule is C=C(/C=C(Cl)/C(Cl)=C/C)CN1CCN(c2ccccc2NC(=O)c2ccc(F)c(F)c2)CC1. The predicted octanol–water partition coefficient (Wildman–Crippen LogP) is 6.16. The van der Waals surface area contributed by atoms with Crippen LogP contribution < -0.4 is 10.2 Å². The monoisotopic (exact) mass is 491 g/mol. The molecule has 0 bridgehead atoms. The van der Waals surface area contributed by atoms with Crippen LogP contribution in [0.1, 0.15) is 17.3 Å². The Bertz CT molecular complexity index is 1090. The number of hydrogen-bond acceptors (Lipinski definition) is 3. The summed E-state index contributed by atoms with van der Waals surface area (Å²) in [6, 6.07) is 10.5. The molecule has 1 aliphatic rings.